The summed E-state index contributed by atoms with van der Waals surface area (Å²) >= 11 is 0. The Balaban J connectivity index is 1.43. The van der Waals surface area contributed by atoms with Gasteiger partial charge in [-0.25, -0.2) is 13.6 Å². The molecule has 0 bridgehead atoms. The van der Waals surface area contributed by atoms with E-state index in [0.29, 0.717) is 0 Å². The molecule has 0 spiro atoms. The van der Waals surface area contributed by atoms with Crippen molar-refractivity contribution >= 4 is 21.8 Å². The maximum absolute atomic E-state index is 13.9. The van der Waals surface area contributed by atoms with Crippen molar-refractivity contribution in [2.45, 2.75) is 30.3 Å². The van der Waals surface area contributed by atoms with Gasteiger partial charge < -0.3 is 14.4 Å². The third-order valence-corrected chi connectivity index (χ3v) is 6.21. The Labute approximate surface area is 184 Å². The maximum Gasteiger partial charge on any atom is 0.339 e. The van der Waals surface area contributed by atoms with E-state index in [2.05, 4.69) is 5.32 Å². The van der Waals surface area contributed by atoms with Gasteiger partial charge in [0.1, 0.15) is 22.3 Å². The number of nitrogens with one attached hydrogen (secondary N) is 1. The molecule has 3 aromatic carbocycles. The van der Waals surface area contributed by atoms with Gasteiger partial charge in [-0.1, -0.05) is 24.3 Å². The van der Waals surface area contributed by atoms with Crippen LogP contribution >= 0.6 is 0 Å². The summed E-state index contributed by atoms with van der Waals surface area (Å²) in [5.41, 5.74) is 0.866. The minimum absolute atomic E-state index is 0.0663. The van der Waals surface area contributed by atoms with Gasteiger partial charge in [0.25, 0.3) is 0 Å². The first-order valence-corrected chi connectivity index (χ1v) is 11.3. The third-order valence-electron chi connectivity index (χ3n) is 4.95. The molecule has 0 radical (unpaired) electrons. The van der Waals surface area contributed by atoms with E-state index in [1.807, 2.05) is 0 Å². The quantitative estimate of drug-likeness (QED) is 0.510. The number of benzene rings is 3. The maximum atomic E-state index is 13.9. The highest BCUT2D eigenvalue weighted by Gasteiger charge is 2.33. The molecule has 4 rings (SSSR count). The normalized spacial score (nSPS) is 13.4. The molecule has 3 aromatic rings. The summed E-state index contributed by atoms with van der Waals surface area (Å²) in [5, 5.41) is 2.60. The van der Waals surface area contributed by atoms with Gasteiger partial charge in [-0.3, -0.25) is 0 Å². The second kappa shape index (κ2) is 8.96. The van der Waals surface area contributed by atoms with Gasteiger partial charge in [-0.2, -0.15) is 8.42 Å². The molecule has 9 heteroatoms. The fraction of sp³-hybridized carbons (Fsp3) is 0.174. The Kier molecular flexibility index (Phi) is 6.09. The van der Waals surface area contributed by atoms with Crippen molar-refractivity contribution in [3.05, 3.63) is 90.0 Å². The standard InChI is InChI=1S/C23H20F2N2O4S/c24-17-7-13-20(14-8-17)32(29,30)31-19-11-5-16(6-12-19)15-27(18-9-10-18)23(28)26-22-4-2-1-3-21(22)25/h1-8,11-14,18H,9-10,15H2,(H,26,28). The lowest BCUT2D eigenvalue weighted by Crippen LogP contribution is -2.36. The van der Waals surface area contributed by atoms with Gasteiger partial charge in [0.05, 0.1) is 5.69 Å². The lowest BCUT2D eigenvalue weighted by atomic mass is 10.2. The topological polar surface area (TPSA) is 75.7 Å². The van der Waals surface area contributed by atoms with Crippen LogP contribution in [-0.2, 0) is 16.7 Å². The van der Waals surface area contributed by atoms with Crippen molar-refractivity contribution in [1.29, 1.82) is 0 Å². The highest BCUT2D eigenvalue weighted by atomic mass is 32.2. The number of nitrogens with zero attached hydrogens (tertiary/aromatic N) is 1. The molecular formula is C23H20F2N2O4S. The molecule has 0 unspecified atom stereocenters. The molecule has 0 saturated heterocycles. The van der Waals surface area contributed by atoms with Gasteiger partial charge in [-0.05, 0) is 66.9 Å². The van der Waals surface area contributed by atoms with Gasteiger partial charge in [0, 0.05) is 12.6 Å². The molecular weight excluding hydrogens is 438 g/mol. The fourth-order valence-electron chi connectivity index (χ4n) is 3.13. The van der Waals surface area contributed by atoms with Crippen LogP contribution in [0.5, 0.6) is 5.75 Å². The van der Waals surface area contributed by atoms with Crippen molar-refractivity contribution in [2.24, 2.45) is 0 Å². The summed E-state index contributed by atoms with van der Waals surface area (Å²) in [5.74, 6) is -0.972. The second-order valence-electron chi connectivity index (χ2n) is 7.40. The van der Waals surface area contributed by atoms with E-state index in [0.717, 1.165) is 42.7 Å². The van der Waals surface area contributed by atoms with Crippen molar-refractivity contribution in [3.63, 3.8) is 0 Å². The Bertz CT molecular complexity index is 1210. The number of rotatable bonds is 7. The summed E-state index contributed by atoms with van der Waals surface area (Å²) in [7, 11) is -4.10. The molecule has 1 saturated carbocycles. The van der Waals surface area contributed by atoms with Crippen LogP contribution in [0, 0.1) is 11.6 Å². The van der Waals surface area contributed by atoms with Crippen molar-refractivity contribution < 1.29 is 26.2 Å². The third kappa shape index (κ3) is 5.23. The summed E-state index contributed by atoms with van der Waals surface area (Å²) in [6.07, 6.45) is 1.73. The Morgan fingerprint density at radius 1 is 0.969 bits per heavy atom. The molecule has 6 nitrogen and oxygen atoms in total. The van der Waals surface area contributed by atoms with Crippen LogP contribution in [0.2, 0.25) is 0 Å². The number of hydrogen-bond donors (Lipinski definition) is 1. The molecule has 32 heavy (non-hydrogen) atoms. The number of hydrogen-bond acceptors (Lipinski definition) is 4. The fourth-order valence-corrected chi connectivity index (χ4v) is 4.06. The smallest absolute Gasteiger partial charge is 0.339 e. The Morgan fingerprint density at radius 3 is 2.25 bits per heavy atom. The van der Waals surface area contributed by atoms with E-state index in [1.165, 1.54) is 24.3 Å². The molecule has 1 N–H and O–H groups in total. The van der Waals surface area contributed by atoms with E-state index < -0.39 is 27.8 Å². The van der Waals surface area contributed by atoms with E-state index in [4.69, 9.17) is 4.18 Å². The summed E-state index contributed by atoms with van der Waals surface area (Å²) in [4.78, 5) is 14.2. The van der Waals surface area contributed by atoms with E-state index in [1.54, 1.807) is 29.2 Å². The van der Waals surface area contributed by atoms with Crippen LogP contribution in [0.1, 0.15) is 18.4 Å². The molecule has 0 aliphatic heterocycles. The summed E-state index contributed by atoms with van der Waals surface area (Å²) < 4.78 is 56.6. The van der Waals surface area contributed by atoms with Gasteiger partial charge in [-0.15, -0.1) is 0 Å². The molecule has 1 aliphatic rings. The minimum Gasteiger partial charge on any atom is -0.379 e. The largest absolute Gasteiger partial charge is 0.379 e. The van der Waals surface area contributed by atoms with Crippen molar-refractivity contribution in [2.75, 3.05) is 5.32 Å². The molecule has 0 atom stereocenters. The van der Waals surface area contributed by atoms with Crippen LogP contribution < -0.4 is 9.50 Å². The number of amides is 2. The van der Waals surface area contributed by atoms with Crippen molar-refractivity contribution in [3.8, 4) is 5.75 Å². The van der Waals surface area contributed by atoms with Crippen molar-refractivity contribution in [1.82, 2.24) is 4.90 Å². The number of para-hydroxylation sites is 1. The van der Waals surface area contributed by atoms with Crippen LogP contribution in [0.3, 0.4) is 0 Å². The monoisotopic (exact) mass is 458 g/mol. The van der Waals surface area contributed by atoms with E-state index in [-0.39, 0.29) is 28.9 Å². The Morgan fingerprint density at radius 2 is 1.62 bits per heavy atom. The van der Waals surface area contributed by atoms with Crippen LogP contribution in [0.25, 0.3) is 0 Å². The van der Waals surface area contributed by atoms with Gasteiger partial charge in [0.15, 0.2) is 0 Å². The summed E-state index contributed by atoms with van der Waals surface area (Å²) in [6.45, 7) is 0.274. The average Bonchev–Trinajstić information content (AvgIpc) is 3.60. The van der Waals surface area contributed by atoms with E-state index in [9.17, 15) is 22.0 Å². The molecule has 166 valence electrons. The molecule has 2 amide bonds. The lowest BCUT2D eigenvalue weighted by Gasteiger charge is -2.23. The SMILES string of the molecule is O=C(Nc1ccccc1F)N(Cc1ccc(OS(=O)(=O)c2ccc(F)cc2)cc1)C1CC1. The van der Waals surface area contributed by atoms with Crippen LogP contribution in [-0.4, -0.2) is 25.4 Å². The van der Waals surface area contributed by atoms with Crippen LogP contribution in [0.15, 0.2) is 77.7 Å². The first-order valence-electron chi connectivity index (χ1n) is 9.93. The average molecular weight is 458 g/mol. The number of halogens is 2. The molecule has 1 aliphatic carbocycles. The zero-order valence-corrected chi connectivity index (χ0v) is 17.7. The number of anilines is 1. The number of carbonyl (C=O) groups is 1. The first-order chi connectivity index (χ1) is 15.3. The zero-order chi connectivity index (χ0) is 22.7. The molecule has 1 fully saturated rings. The first kappa shape index (κ1) is 21.8. The number of urea groups is 1. The highest BCUT2D eigenvalue weighted by Crippen LogP contribution is 2.30. The lowest BCUT2D eigenvalue weighted by molar-refractivity contribution is 0.206. The van der Waals surface area contributed by atoms with Crippen LogP contribution in [0.4, 0.5) is 19.3 Å². The zero-order valence-electron chi connectivity index (χ0n) is 16.9. The van der Waals surface area contributed by atoms with E-state index >= 15 is 0 Å². The molecule has 0 aromatic heterocycles. The second-order valence-corrected chi connectivity index (χ2v) is 8.95. The summed E-state index contributed by atoms with van der Waals surface area (Å²) in [6, 6.07) is 16.2. The predicted octanol–water partition coefficient (Wildman–Crippen LogP) is 4.93. The van der Waals surface area contributed by atoms with Gasteiger partial charge >= 0.3 is 16.1 Å². The van der Waals surface area contributed by atoms with Gasteiger partial charge in [0.2, 0.25) is 0 Å². The number of carbonyl (C=O) groups excluding carboxylic acids is 1. The highest BCUT2D eigenvalue weighted by molar-refractivity contribution is 7.87. The minimum atomic E-state index is -4.10. The Hall–Kier alpha value is -3.46. The molecule has 0 heterocycles. The predicted molar refractivity (Wildman–Crippen MR) is 115 cm³/mol.